The molecular formula is C17H23N3O. The maximum atomic E-state index is 5.50. The van der Waals surface area contributed by atoms with Crippen LogP contribution in [0.5, 0.6) is 0 Å². The minimum Gasteiger partial charge on any atom is -0.382 e. The van der Waals surface area contributed by atoms with Crippen LogP contribution in [0.1, 0.15) is 31.2 Å². The molecule has 1 N–H and O–H groups in total. The van der Waals surface area contributed by atoms with Crippen molar-refractivity contribution in [3.05, 3.63) is 48.5 Å². The second-order valence-electron chi connectivity index (χ2n) is 5.80. The van der Waals surface area contributed by atoms with Gasteiger partial charge in [-0.3, -0.25) is 0 Å². The Balaban J connectivity index is 1.63. The molecule has 0 bridgehead atoms. The van der Waals surface area contributed by atoms with Gasteiger partial charge in [-0.05, 0) is 43.4 Å². The van der Waals surface area contributed by atoms with E-state index in [4.69, 9.17) is 4.74 Å². The lowest BCUT2D eigenvalue weighted by Crippen LogP contribution is -2.31. The highest BCUT2D eigenvalue weighted by atomic mass is 16.5. The van der Waals surface area contributed by atoms with Gasteiger partial charge in [-0.15, -0.1) is 0 Å². The fourth-order valence-electron chi connectivity index (χ4n) is 3.08. The van der Waals surface area contributed by atoms with Gasteiger partial charge in [0.25, 0.3) is 0 Å². The van der Waals surface area contributed by atoms with Crippen molar-refractivity contribution in [2.24, 2.45) is 0 Å². The van der Waals surface area contributed by atoms with Crippen LogP contribution in [0.15, 0.2) is 43.0 Å². The monoisotopic (exact) mass is 285 g/mol. The van der Waals surface area contributed by atoms with Gasteiger partial charge in [0, 0.05) is 37.8 Å². The topological polar surface area (TPSA) is 39.1 Å². The zero-order valence-electron chi connectivity index (χ0n) is 12.5. The van der Waals surface area contributed by atoms with E-state index < -0.39 is 0 Å². The van der Waals surface area contributed by atoms with Gasteiger partial charge in [-0.1, -0.05) is 12.1 Å². The van der Waals surface area contributed by atoms with Gasteiger partial charge in [0.2, 0.25) is 0 Å². The number of ether oxygens (including phenoxy) is 1. The van der Waals surface area contributed by atoms with E-state index in [0.29, 0.717) is 12.1 Å². The number of hydrogen-bond donors (Lipinski definition) is 1. The van der Waals surface area contributed by atoms with Crippen molar-refractivity contribution in [2.75, 3.05) is 12.4 Å². The van der Waals surface area contributed by atoms with Crippen LogP contribution in [0, 0.1) is 0 Å². The summed E-state index contributed by atoms with van der Waals surface area (Å²) in [6.07, 6.45) is 10.8. The molecule has 0 saturated heterocycles. The Bertz CT molecular complexity index is 553. The van der Waals surface area contributed by atoms with Gasteiger partial charge in [0.05, 0.1) is 12.4 Å². The third-order valence-electron chi connectivity index (χ3n) is 4.18. The van der Waals surface area contributed by atoms with E-state index in [2.05, 4.69) is 39.1 Å². The standard InChI is InChI=1S/C17H23N3O/c1-21-17-7-3-6-16(11-17)19-15-5-2-4-14(10-15)12-20-9-8-18-13-20/h2,4-5,8-10,13,16-17,19H,3,6-7,11-12H2,1H3. The third-order valence-corrected chi connectivity index (χ3v) is 4.18. The molecule has 1 saturated carbocycles. The molecule has 1 aliphatic rings. The number of methoxy groups -OCH3 is 1. The van der Waals surface area contributed by atoms with Gasteiger partial charge < -0.3 is 14.6 Å². The number of nitrogens with one attached hydrogen (secondary N) is 1. The Morgan fingerprint density at radius 1 is 1.38 bits per heavy atom. The molecule has 1 aromatic carbocycles. The predicted octanol–water partition coefficient (Wildman–Crippen LogP) is 3.30. The van der Waals surface area contributed by atoms with Crippen LogP contribution in [0.4, 0.5) is 5.69 Å². The second-order valence-corrected chi connectivity index (χ2v) is 5.80. The average Bonchev–Trinajstić information content (AvgIpc) is 3.01. The van der Waals surface area contributed by atoms with Crippen molar-refractivity contribution in [1.82, 2.24) is 9.55 Å². The first-order chi connectivity index (χ1) is 10.3. The number of benzene rings is 1. The van der Waals surface area contributed by atoms with Crippen molar-refractivity contribution in [1.29, 1.82) is 0 Å². The maximum absolute atomic E-state index is 5.50. The molecular weight excluding hydrogens is 262 g/mol. The van der Waals surface area contributed by atoms with Crippen molar-refractivity contribution >= 4 is 5.69 Å². The Morgan fingerprint density at radius 2 is 2.33 bits per heavy atom. The summed E-state index contributed by atoms with van der Waals surface area (Å²) in [4.78, 5) is 4.09. The summed E-state index contributed by atoms with van der Waals surface area (Å²) in [7, 11) is 1.82. The van der Waals surface area contributed by atoms with Crippen LogP contribution in [0.3, 0.4) is 0 Å². The fourth-order valence-corrected chi connectivity index (χ4v) is 3.08. The number of nitrogens with zero attached hydrogens (tertiary/aromatic N) is 2. The molecule has 0 amide bonds. The van der Waals surface area contributed by atoms with Crippen molar-refractivity contribution in [2.45, 2.75) is 44.4 Å². The van der Waals surface area contributed by atoms with E-state index >= 15 is 0 Å². The molecule has 1 fully saturated rings. The molecule has 21 heavy (non-hydrogen) atoms. The lowest BCUT2D eigenvalue weighted by atomic mass is 9.92. The molecule has 3 rings (SSSR count). The predicted molar refractivity (Wildman–Crippen MR) is 84.4 cm³/mol. The van der Waals surface area contributed by atoms with Crippen LogP contribution in [0.2, 0.25) is 0 Å². The minimum atomic E-state index is 0.408. The minimum absolute atomic E-state index is 0.408. The molecule has 2 aromatic rings. The highest BCUT2D eigenvalue weighted by molar-refractivity contribution is 5.46. The number of rotatable bonds is 5. The molecule has 4 nitrogen and oxygen atoms in total. The van der Waals surface area contributed by atoms with Crippen molar-refractivity contribution < 1.29 is 4.74 Å². The van der Waals surface area contributed by atoms with Gasteiger partial charge in [0.1, 0.15) is 0 Å². The molecule has 1 aliphatic carbocycles. The summed E-state index contributed by atoms with van der Waals surface area (Å²) < 4.78 is 7.59. The summed E-state index contributed by atoms with van der Waals surface area (Å²) >= 11 is 0. The molecule has 1 aromatic heterocycles. The normalized spacial score (nSPS) is 22.1. The van der Waals surface area contributed by atoms with E-state index in [1.807, 2.05) is 25.8 Å². The average molecular weight is 285 g/mol. The van der Waals surface area contributed by atoms with E-state index in [0.717, 1.165) is 13.0 Å². The van der Waals surface area contributed by atoms with Crippen LogP contribution in [0.25, 0.3) is 0 Å². The Kier molecular flexibility index (Phi) is 4.55. The first-order valence-corrected chi connectivity index (χ1v) is 7.67. The third kappa shape index (κ3) is 3.85. The molecule has 112 valence electrons. The lowest BCUT2D eigenvalue weighted by Gasteiger charge is -2.29. The lowest BCUT2D eigenvalue weighted by molar-refractivity contribution is 0.0669. The smallest absolute Gasteiger partial charge is 0.0949 e. The van der Waals surface area contributed by atoms with Gasteiger partial charge >= 0.3 is 0 Å². The highest BCUT2D eigenvalue weighted by Gasteiger charge is 2.21. The van der Waals surface area contributed by atoms with Crippen molar-refractivity contribution in [3.63, 3.8) is 0 Å². The van der Waals surface area contributed by atoms with E-state index in [-0.39, 0.29) is 0 Å². The molecule has 4 heteroatoms. The van der Waals surface area contributed by atoms with E-state index in [1.165, 1.54) is 30.5 Å². The molecule has 1 heterocycles. The zero-order valence-corrected chi connectivity index (χ0v) is 12.5. The summed E-state index contributed by atoms with van der Waals surface area (Å²) in [6, 6.07) is 9.17. The molecule has 2 atom stereocenters. The molecule has 0 aliphatic heterocycles. The SMILES string of the molecule is COC1CCCC(Nc2cccc(Cn3ccnc3)c2)C1. The fraction of sp³-hybridized carbons (Fsp3) is 0.471. The van der Waals surface area contributed by atoms with E-state index in [1.54, 1.807) is 0 Å². The highest BCUT2D eigenvalue weighted by Crippen LogP contribution is 2.24. The Morgan fingerprint density at radius 3 is 3.14 bits per heavy atom. The quantitative estimate of drug-likeness (QED) is 0.916. The number of anilines is 1. The van der Waals surface area contributed by atoms with Crippen LogP contribution >= 0.6 is 0 Å². The van der Waals surface area contributed by atoms with Gasteiger partial charge in [0.15, 0.2) is 0 Å². The van der Waals surface area contributed by atoms with Crippen molar-refractivity contribution in [3.8, 4) is 0 Å². The number of hydrogen-bond acceptors (Lipinski definition) is 3. The molecule has 0 radical (unpaired) electrons. The summed E-state index contributed by atoms with van der Waals surface area (Å²) in [5.41, 5.74) is 2.49. The Hall–Kier alpha value is -1.81. The molecule has 0 spiro atoms. The second kappa shape index (κ2) is 6.76. The van der Waals surface area contributed by atoms with Gasteiger partial charge in [-0.2, -0.15) is 0 Å². The first-order valence-electron chi connectivity index (χ1n) is 7.67. The van der Waals surface area contributed by atoms with Crippen LogP contribution in [-0.2, 0) is 11.3 Å². The summed E-state index contributed by atoms with van der Waals surface area (Å²) in [6.45, 7) is 0.862. The molecule has 2 unspecified atom stereocenters. The zero-order chi connectivity index (χ0) is 14.5. The van der Waals surface area contributed by atoms with Crippen LogP contribution < -0.4 is 5.32 Å². The maximum Gasteiger partial charge on any atom is 0.0949 e. The van der Waals surface area contributed by atoms with Gasteiger partial charge in [-0.25, -0.2) is 4.98 Å². The Labute approximate surface area is 126 Å². The first kappa shape index (κ1) is 14.1. The summed E-state index contributed by atoms with van der Waals surface area (Å²) in [5.74, 6) is 0. The summed E-state index contributed by atoms with van der Waals surface area (Å²) in [5, 5.41) is 3.66. The number of imidazole rings is 1. The largest absolute Gasteiger partial charge is 0.382 e. The number of aromatic nitrogens is 2. The van der Waals surface area contributed by atoms with Crippen LogP contribution in [-0.4, -0.2) is 28.8 Å². The van der Waals surface area contributed by atoms with E-state index in [9.17, 15) is 0 Å².